The van der Waals surface area contributed by atoms with E-state index in [0.29, 0.717) is 0 Å². The van der Waals surface area contributed by atoms with Gasteiger partial charge in [0.25, 0.3) is 0 Å². The summed E-state index contributed by atoms with van der Waals surface area (Å²) in [6.45, 7) is 6.40. The van der Waals surface area contributed by atoms with Gasteiger partial charge in [-0.3, -0.25) is 0 Å². The van der Waals surface area contributed by atoms with Crippen molar-refractivity contribution in [1.29, 1.82) is 0 Å². The van der Waals surface area contributed by atoms with Crippen LogP contribution in [0.15, 0.2) is 109 Å². The van der Waals surface area contributed by atoms with E-state index in [2.05, 4.69) is 135 Å². The van der Waals surface area contributed by atoms with Crippen LogP contribution in [-0.4, -0.2) is 4.57 Å². The van der Waals surface area contributed by atoms with E-state index >= 15 is 0 Å². The Bertz CT molecular complexity index is 1530. The Hall–Kier alpha value is -4.10. The van der Waals surface area contributed by atoms with Gasteiger partial charge in [0.2, 0.25) is 0 Å². The second-order valence-corrected chi connectivity index (χ2v) is 9.37. The normalized spacial score (nSPS) is 11.4. The van der Waals surface area contributed by atoms with Gasteiger partial charge in [0.15, 0.2) is 0 Å². The summed E-state index contributed by atoms with van der Waals surface area (Å²) in [6, 6.07) is 40.2. The molecule has 0 amide bonds. The third kappa shape index (κ3) is 3.50. The Morgan fingerprint density at radius 3 is 1.15 bits per heavy atom. The first-order valence-electron chi connectivity index (χ1n) is 11.9. The lowest BCUT2D eigenvalue weighted by Crippen LogP contribution is -1.93. The molecular formula is C33H27N. The molecule has 0 fully saturated rings. The number of rotatable bonds is 3. The molecule has 0 radical (unpaired) electrons. The minimum absolute atomic E-state index is 1.19. The van der Waals surface area contributed by atoms with Crippen LogP contribution < -0.4 is 0 Å². The molecule has 0 aliphatic heterocycles. The van der Waals surface area contributed by atoms with Crippen molar-refractivity contribution < 1.29 is 0 Å². The van der Waals surface area contributed by atoms with E-state index in [1.54, 1.807) is 0 Å². The maximum Gasteiger partial charge on any atom is 0.0541 e. The second-order valence-electron chi connectivity index (χ2n) is 9.37. The highest BCUT2D eigenvalue weighted by atomic mass is 15.0. The minimum atomic E-state index is 1.19. The SMILES string of the molecule is Cc1ccc(-c2ccc3c(c2)c2cc(-c4ccc(C)cc4)ccc2n3-c2ccc(C)cc2)cc1. The Morgan fingerprint density at radius 2 is 0.735 bits per heavy atom. The zero-order valence-electron chi connectivity index (χ0n) is 19.8. The number of aryl methyl sites for hydroxylation is 3. The number of benzene rings is 5. The van der Waals surface area contributed by atoms with Crippen molar-refractivity contribution in [2.45, 2.75) is 20.8 Å². The molecule has 0 spiro atoms. The van der Waals surface area contributed by atoms with E-state index in [1.807, 2.05) is 0 Å². The standard InChI is InChI=1S/C33H27N/c1-22-4-10-25(11-5-22)27-14-18-32-30(20-27)31-21-28(26-12-6-23(2)7-13-26)15-19-33(31)34(32)29-16-8-24(3)9-17-29/h4-21H,1-3H3. The molecule has 0 N–H and O–H groups in total. The van der Waals surface area contributed by atoms with E-state index in [0.717, 1.165) is 0 Å². The number of fused-ring (bicyclic) bond motifs is 3. The van der Waals surface area contributed by atoms with E-state index in [4.69, 9.17) is 0 Å². The van der Waals surface area contributed by atoms with E-state index in [1.165, 1.54) is 66.4 Å². The van der Waals surface area contributed by atoms with E-state index < -0.39 is 0 Å². The summed E-state index contributed by atoms with van der Waals surface area (Å²) < 4.78 is 2.39. The maximum absolute atomic E-state index is 2.39. The predicted molar refractivity (Wildman–Crippen MR) is 146 cm³/mol. The van der Waals surface area contributed by atoms with E-state index in [9.17, 15) is 0 Å². The summed E-state index contributed by atoms with van der Waals surface area (Å²) in [7, 11) is 0. The highest BCUT2D eigenvalue weighted by molar-refractivity contribution is 6.11. The predicted octanol–water partition coefficient (Wildman–Crippen LogP) is 9.04. The van der Waals surface area contributed by atoms with Crippen molar-refractivity contribution in [3.8, 4) is 27.9 Å². The highest BCUT2D eigenvalue weighted by Gasteiger charge is 2.14. The lowest BCUT2D eigenvalue weighted by molar-refractivity contribution is 1.17. The molecule has 0 unspecified atom stereocenters. The van der Waals surface area contributed by atoms with Crippen LogP contribution in [0.1, 0.15) is 16.7 Å². The van der Waals surface area contributed by atoms with Crippen LogP contribution in [0.5, 0.6) is 0 Å². The first kappa shape index (κ1) is 20.5. The van der Waals surface area contributed by atoms with Crippen molar-refractivity contribution in [3.63, 3.8) is 0 Å². The minimum Gasteiger partial charge on any atom is -0.309 e. The molecule has 6 aromatic rings. The molecule has 0 atom stereocenters. The quantitative estimate of drug-likeness (QED) is 0.260. The van der Waals surface area contributed by atoms with Gasteiger partial charge in [-0.1, -0.05) is 89.5 Å². The topological polar surface area (TPSA) is 4.93 Å². The third-order valence-corrected chi connectivity index (χ3v) is 6.83. The monoisotopic (exact) mass is 437 g/mol. The molecular weight excluding hydrogens is 410 g/mol. The molecule has 0 bridgehead atoms. The van der Waals surface area contributed by atoms with Crippen LogP contribution in [0.25, 0.3) is 49.7 Å². The summed E-state index contributed by atoms with van der Waals surface area (Å²) >= 11 is 0. The number of hydrogen-bond donors (Lipinski definition) is 0. The Kier molecular flexibility index (Phi) is 4.85. The highest BCUT2D eigenvalue weighted by Crippen LogP contribution is 2.37. The fourth-order valence-corrected chi connectivity index (χ4v) is 4.85. The summed E-state index contributed by atoms with van der Waals surface area (Å²) in [5.74, 6) is 0. The molecule has 0 aliphatic carbocycles. The Balaban J connectivity index is 1.63. The fraction of sp³-hybridized carbons (Fsp3) is 0.0909. The molecule has 34 heavy (non-hydrogen) atoms. The lowest BCUT2D eigenvalue weighted by Gasteiger charge is -2.09. The Labute approximate surface area is 200 Å². The number of nitrogens with zero attached hydrogens (tertiary/aromatic N) is 1. The summed E-state index contributed by atoms with van der Waals surface area (Å²) in [5, 5.41) is 2.56. The van der Waals surface area contributed by atoms with Gasteiger partial charge in [0.1, 0.15) is 0 Å². The van der Waals surface area contributed by atoms with Gasteiger partial charge in [0, 0.05) is 16.5 Å². The van der Waals surface area contributed by atoms with Crippen LogP contribution in [0.3, 0.4) is 0 Å². The van der Waals surface area contributed by atoms with Crippen LogP contribution in [0.2, 0.25) is 0 Å². The summed E-state index contributed by atoms with van der Waals surface area (Å²) in [6.07, 6.45) is 0. The van der Waals surface area contributed by atoms with Crippen molar-refractivity contribution in [2.24, 2.45) is 0 Å². The molecule has 1 heteroatoms. The summed E-state index contributed by atoms with van der Waals surface area (Å²) in [4.78, 5) is 0. The zero-order chi connectivity index (χ0) is 23.2. The van der Waals surface area contributed by atoms with Crippen molar-refractivity contribution >= 4 is 21.8 Å². The molecule has 0 saturated heterocycles. The maximum atomic E-state index is 2.39. The molecule has 1 heterocycles. The van der Waals surface area contributed by atoms with Gasteiger partial charge in [-0.25, -0.2) is 0 Å². The van der Waals surface area contributed by atoms with Crippen LogP contribution >= 0.6 is 0 Å². The fourth-order valence-electron chi connectivity index (χ4n) is 4.85. The number of aromatic nitrogens is 1. The van der Waals surface area contributed by atoms with Crippen LogP contribution in [-0.2, 0) is 0 Å². The van der Waals surface area contributed by atoms with Gasteiger partial charge in [-0.15, -0.1) is 0 Å². The Morgan fingerprint density at radius 1 is 0.382 bits per heavy atom. The van der Waals surface area contributed by atoms with E-state index in [-0.39, 0.29) is 0 Å². The van der Waals surface area contributed by atoms with Gasteiger partial charge < -0.3 is 4.57 Å². The largest absolute Gasteiger partial charge is 0.309 e. The first-order chi connectivity index (χ1) is 16.6. The third-order valence-electron chi connectivity index (χ3n) is 6.83. The molecule has 6 rings (SSSR count). The van der Waals surface area contributed by atoms with Crippen LogP contribution in [0.4, 0.5) is 0 Å². The molecule has 1 nitrogen and oxygen atoms in total. The van der Waals surface area contributed by atoms with Gasteiger partial charge in [-0.2, -0.15) is 0 Å². The van der Waals surface area contributed by atoms with Gasteiger partial charge in [0.05, 0.1) is 11.0 Å². The summed E-state index contributed by atoms with van der Waals surface area (Å²) in [5.41, 5.74) is 12.5. The average Bonchev–Trinajstić information content (AvgIpc) is 3.18. The van der Waals surface area contributed by atoms with Gasteiger partial charge >= 0.3 is 0 Å². The second kappa shape index (κ2) is 8.04. The van der Waals surface area contributed by atoms with Crippen molar-refractivity contribution in [3.05, 3.63) is 126 Å². The molecule has 5 aromatic carbocycles. The van der Waals surface area contributed by atoms with Gasteiger partial charge in [-0.05, 0) is 79.4 Å². The zero-order valence-corrected chi connectivity index (χ0v) is 19.8. The lowest BCUT2D eigenvalue weighted by atomic mass is 9.99. The van der Waals surface area contributed by atoms with Crippen molar-refractivity contribution in [2.75, 3.05) is 0 Å². The van der Waals surface area contributed by atoms with Crippen LogP contribution in [0, 0.1) is 20.8 Å². The van der Waals surface area contributed by atoms with Crippen molar-refractivity contribution in [1.82, 2.24) is 4.57 Å². The molecule has 0 aliphatic rings. The molecule has 0 saturated carbocycles. The first-order valence-corrected chi connectivity index (χ1v) is 11.9. The molecule has 1 aromatic heterocycles. The smallest absolute Gasteiger partial charge is 0.0541 e. The average molecular weight is 438 g/mol. The number of hydrogen-bond acceptors (Lipinski definition) is 0. The molecule has 164 valence electrons.